The fourth-order valence-corrected chi connectivity index (χ4v) is 16.7. The first kappa shape index (κ1) is 56.7. The molecule has 17 rings (SSSR count). The lowest BCUT2D eigenvalue weighted by Gasteiger charge is -2.57. The quantitative estimate of drug-likeness (QED) is 0.148. The van der Waals surface area contributed by atoms with Crippen LogP contribution >= 0.6 is 0 Å². The Morgan fingerprint density at radius 1 is 0.311 bits per heavy atom. The predicted molar refractivity (Wildman–Crippen MR) is 386 cm³/mol. The van der Waals surface area contributed by atoms with Crippen molar-refractivity contribution in [1.29, 1.82) is 0 Å². The van der Waals surface area contributed by atoms with Crippen LogP contribution < -0.4 is 31.1 Å². The van der Waals surface area contributed by atoms with Gasteiger partial charge in [0.15, 0.2) is 0 Å². The summed E-state index contributed by atoms with van der Waals surface area (Å²) in [5.41, 5.74) is 28.9. The first-order valence-corrected chi connectivity index (χ1v) is 33.5. The van der Waals surface area contributed by atoms with Gasteiger partial charge in [0.2, 0.25) is 0 Å². The van der Waals surface area contributed by atoms with Crippen LogP contribution in [0.4, 0.5) is 39.8 Å². The van der Waals surface area contributed by atoms with Crippen molar-refractivity contribution in [2.45, 2.75) is 149 Å². The number of rotatable bonds is 7. The van der Waals surface area contributed by atoms with Crippen molar-refractivity contribution >= 4 is 84.7 Å². The van der Waals surface area contributed by atoms with Gasteiger partial charge in [-0.15, -0.1) is 0 Å². The Morgan fingerprint density at radius 2 is 0.711 bits per heavy atom. The van der Waals surface area contributed by atoms with Crippen LogP contribution in [0.3, 0.4) is 0 Å². The molecule has 4 nitrogen and oxygen atoms in total. The fourth-order valence-electron chi connectivity index (χ4n) is 16.7. The Bertz CT molecular complexity index is 4520. The van der Waals surface area contributed by atoms with E-state index >= 15 is 0 Å². The molecule has 11 aromatic rings. The molecule has 5 heterocycles. The number of anilines is 7. The number of fused-ring (bicyclic) bond motifs is 7. The van der Waals surface area contributed by atoms with E-state index in [1.807, 2.05) is 0 Å². The van der Waals surface area contributed by atoms with E-state index in [4.69, 9.17) is 0 Å². The summed E-state index contributed by atoms with van der Waals surface area (Å²) in [7, 11) is 0. The van der Waals surface area contributed by atoms with E-state index in [0.717, 1.165) is 28.9 Å². The fraction of sp³-hybridized carbons (Fsp3) is 0.294. The van der Waals surface area contributed by atoms with Crippen LogP contribution in [0.25, 0.3) is 60.9 Å². The van der Waals surface area contributed by atoms with Gasteiger partial charge in [-0.25, -0.2) is 0 Å². The minimum absolute atomic E-state index is 0.0274. The normalized spacial score (nSPS) is 18.6. The molecule has 0 N–H and O–H groups in total. The Kier molecular flexibility index (Phi) is 12.9. The van der Waals surface area contributed by atoms with Crippen LogP contribution in [0.1, 0.15) is 137 Å². The summed E-state index contributed by atoms with van der Waals surface area (Å²) >= 11 is 0. The Hall–Kier alpha value is -8.54. The minimum atomic E-state index is -0.0797. The third-order valence-corrected chi connectivity index (χ3v) is 21.5. The topological polar surface area (TPSA) is 14.7 Å². The smallest absolute Gasteiger partial charge is 0.252 e. The largest absolute Gasteiger partial charge is 0.365 e. The van der Waals surface area contributed by atoms with Crippen molar-refractivity contribution < 1.29 is 0 Å². The minimum Gasteiger partial charge on any atom is -0.365 e. The second-order valence-electron chi connectivity index (χ2n) is 31.6. The van der Waals surface area contributed by atoms with Gasteiger partial charge in [-0.2, -0.15) is 0 Å². The predicted octanol–water partition coefficient (Wildman–Crippen LogP) is 20.8. The van der Waals surface area contributed by atoms with Crippen LogP contribution in [0.5, 0.6) is 0 Å². The van der Waals surface area contributed by atoms with Gasteiger partial charge in [0.1, 0.15) is 0 Å². The molecule has 4 aliphatic heterocycles. The molecule has 90 heavy (non-hydrogen) atoms. The van der Waals surface area contributed by atoms with Crippen LogP contribution in [0.15, 0.2) is 212 Å². The zero-order valence-electron chi connectivity index (χ0n) is 54.9. The second kappa shape index (κ2) is 20.5. The average molecular weight is 1170 g/mol. The highest BCUT2D eigenvalue weighted by Crippen LogP contribution is 2.53. The molecule has 5 heteroatoms. The lowest BCUT2D eigenvalue weighted by Crippen LogP contribution is -2.61. The molecule has 6 aliphatic rings. The SMILES string of the molecule is CC(C)(C)c1ccc(-c2ccc(N3c4ccc(-c5ccc(C(C)(C)C)cc5)cc4B4c5ccc(N6C7CC8CC(C7)CC6C8)cc5N(c5ccc(-c6ccccc6)cc5)c5cc(-n6c7ccc(C(C)(C)C)cc7c7cc(C(C)(C)C)ccc76)cc3c54)cc2)cc1. The third-order valence-electron chi connectivity index (χ3n) is 21.5. The number of nitrogens with zero attached hydrogens (tertiary/aromatic N) is 4. The van der Waals surface area contributed by atoms with E-state index < -0.39 is 0 Å². The zero-order valence-corrected chi connectivity index (χ0v) is 54.9. The summed E-state index contributed by atoms with van der Waals surface area (Å²) in [5.74, 6) is 1.73. The zero-order chi connectivity index (χ0) is 61.9. The Balaban J connectivity index is 0.986. The summed E-state index contributed by atoms with van der Waals surface area (Å²) in [6.07, 6.45) is 6.68. The third kappa shape index (κ3) is 9.46. The molecular weight excluding hydrogens is 1090 g/mol. The maximum Gasteiger partial charge on any atom is 0.252 e. The van der Waals surface area contributed by atoms with Crippen LogP contribution in [0.2, 0.25) is 0 Å². The number of hydrogen-bond acceptors (Lipinski definition) is 3. The molecule has 4 bridgehead atoms. The van der Waals surface area contributed by atoms with E-state index in [2.05, 4.69) is 315 Å². The van der Waals surface area contributed by atoms with Crippen molar-refractivity contribution in [2.75, 3.05) is 14.7 Å². The summed E-state index contributed by atoms with van der Waals surface area (Å²) in [6.45, 7) is 27.8. The molecule has 10 aromatic carbocycles. The van der Waals surface area contributed by atoms with E-state index in [1.165, 1.54) is 154 Å². The summed E-state index contributed by atoms with van der Waals surface area (Å²) in [6, 6.07) is 84.4. The number of aromatic nitrogens is 1. The molecule has 2 saturated heterocycles. The first-order chi connectivity index (χ1) is 43.1. The number of hydrogen-bond donors (Lipinski definition) is 0. The number of piperidine rings is 2. The highest BCUT2D eigenvalue weighted by Gasteiger charge is 2.49. The summed E-state index contributed by atoms with van der Waals surface area (Å²) in [5, 5.41) is 2.58. The van der Waals surface area contributed by atoms with Crippen LogP contribution in [-0.2, 0) is 21.7 Å². The van der Waals surface area contributed by atoms with Gasteiger partial charge in [0.05, 0.1) is 16.7 Å². The highest BCUT2D eigenvalue weighted by atomic mass is 15.2. The van der Waals surface area contributed by atoms with Gasteiger partial charge >= 0.3 is 0 Å². The molecule has 0 spiro atoms. The molecular formula is C85H85BN4. The van der Waals surface area contributed by atoms with Gasteiger partial charge in [0.25, 0.3) is 6.71 Å². The maximum absolute atomic E-state index is 2.90. The molecule has 2 saturated carbocycles. The van der Waals surface area contributed by atoms with Crippen LogP contribution in [-0.4, -0.2) is 23.4 Å². The van der Waals surface area contributed by atoms with Crippen molar-refractivity contribution in [2.24, 2.45) is 11.8 Å². The molecule has 1 aromatic heterocycles. The van der Waals surface area contributed by atoms with E-state index in [9.17, 15) is 0 Å². The molecule has 2 aliphatic carbocycles. The molecule has 0 unspecified atom stereocenters. The van der Waals surface area contributed by atoms with Crippen molar-refractivity contribution in [3.8, 4) is 39.1 Å². The average Bonchev–Trinajstić information content (AvgIpc) is 0.848. The van der Waals surface area contributed by atoms with Crippen molar-refractivity contribution in [3.05, 3.63) is 235 Å². The van der Waals surface area contributed by atoms with Gasteiger partial charge < -0.3 is 19.3 Å². The highest BCUT2D eigenvalue weighted by molar-refractivity contribution is 7.00. The van der Waals surface area contributed by atoms with E-state index in [0.29, 0.717) is 12.1 Å². The van der Waals surface area contributed by atoms with E-state index in [-0.39, 0.29) is 28.4 Å². The monoisotopic (exact) mass is 1170 g/mol. The Labute approximate surface area is 535 Å². The van der Waals surface area contributed by atoms with Gasteiger partial charge in [-0.1, -0.05) is 217 Å². The second-order valence-corrected chi connectivity index (χ2v) is 31.6. The van der Waals surface area contributed by atoms with Crippen molar-refractivity contribution in [3.63, 3.8) is 0 Å². The lowest BCUT2D eigenvalue weighted by molar-refractivity contribution is 0.0900. The first-order valence-electron chi connectivity index (χ1n) is 33.5. The van der Waals surface area contributed by atoms with Crippen molar-refractivity contribution in [1.82, 2.24) is 4.57 Å². The van der Waals surface area contributed by atoms with E-state index in [1.54, 1.807) is 0 Å². The summed E-state index contributed by atoms with van der Waals surface area (Å²) in [4.78, 5) is 8.19. The van der Waals surface area contributed by atoms with Gasteiger partial charge in [-0.05, 0) is 216 Å². The molecule has 0 atom stereocenters. The molecule has 0 radical (unpaired) electrons. The summed E-state index contributed by atoms with van der Waals surface area (Å²) < 4.78 is 2.60. The number of benzene rings is 10. The standard InChI is InChI=1S/C85H85BN4/c1-82(2,3)61-27-18-56(19-28-61)58-24-33-65(34-25-58)88-77-39-26-60(59-20-29-62(30-21-59)83(4,5)6)47-74(77)86-73-38-37-67(87-68-43-53-42-54(45-68)46-69(87)44-53)50-78(73)89(66-35-22-57(23-36-66)55-16-14-13-15-17-55)80-52-70(51-79(88)81(80)86)90-75-40-31-63(84(7,8)9)48-71(75)72-49-64(85(10,11)12)32-41-76(72)90/h13-41,47-54,68-69H,42-46H2,1-12H3. The molecule has 4 fully saturated rings. The lowest BCUT2D eigenvalue weighted by atomic mass is 9.33. The molecule has 0 amide bonds. The van der Waals surface area contributed by atoms with Crippen LogP contribution in [0, 0.1) is 11.8 Å². The van der Waals surface area contributed by atoms with Gasteiger partial charge in [-0.3, -0.25) is 0 Å². The maximum atomic E-state index is 2.90. The Morgan fingerprint density at radius 3 is 1.19 bits per heavy atom. The molecule has 448 valence electrons. The van der Waals surface area contributed by atoms with Gasteiger partial charge in [0, 0.05) is 62.7 Å².